The minimum Gasteiger partial charge on any atom is -0.258 e. The molecule has 0 aliphatic carbocycles. The van der Waals surface area contributed by atoms with Crippen molar-refractivity contribution < 1.29 is 4.92 Å². The van der Waals surface area contributed by atoms with Gasteiger partial charge in [-0.2, -0.15) is 5.10 Å². The van der Waals surface area contributed by atoms with E-state index >= 15 is 0 Å². The predicted octanol–water partition coefficient (Wildman–Crippen LogP) is 2.65. The topological polar surface area (TPSA) is 73.8 Å². The summed E-state index contributed by atoms with van der Waals surface area (Å²) in [6.45, 7) is 4.26. The predicted molar refractivity (Wildman–Crippen MR) is 72.0 cm³/mol. The number of benzene rings is 1. The summed E-state index contributed by atoms with van der Waals surface area (Å²) in [5, 5.41) is 14.9. The Morgan fingerprint density at radius 1 is 1.53 bits per heavy atom. The number of alkyl halides is 1. The lowest BCUT2D eigenvalue weighted by molar-refractivity contribution is -0.384. The number of allylic oxidation sites excluding steroid dienone is 1. The highest BCUT2D eigenvalue weighted by Gasteiger charge is 2.10. The number of hydrogen-bond donors (Lipinski definition) is 0. The standard InChI is InChI=1S/C12H11ClN4O2/c1-9(6-13)7-16-8-14-12(15-16)10-3-2-4-11(5-10)17(18)19/h2-5,8H,1,6-7H2. The first-order valence-corrected chi connectivity index (χ1v) is 6.00. The third-order valence-electron chi connectivity index (χ3n) is 2.43. The maximum absolute atomic E-state index is 10.7. The van der Waals surface area contributed by atoms with Crippen molar-refractivity contribution in [2.75, 3.05) is 5.88 Å². The van der Waals surface area contributed by atoms with Gasteiger partial charge in [0.05, 0.1) is 11.5 Å². The number of rotatable bonds is 5. The molecule has 19 heavy (non-hydrogen) atoms. The third-order valence-corrected chi connectivity index (χ3v) is 2.80. The van der Waals surface area contributed by atoms with Crippen LogP contribution in [-0.4, -0.2) is 25.6 Å². The van der Waals surface area contributed by atoms with Crippen molar-refractivity contribution in [2.45, 2.75) is 6.54 Å². The van der Waals surface area contributed by atoms with Crippen LogP contribution in [0.2, 0.25) is 0 Å². The molecule has 98 valence electrons. The van der Waals surface area contributed by atoms with E-state index in [0.717, 1.165) is 5.57 Å². The number of hydrogen-bond acceptors (Lipinski definition) is 4. The quantitative estimate of drug-likeness (QED) is 0.365. The summed E-state index contributed by atoms with van der Waals surface area (Å²) in [5.41, 5.74) is 1.43. The van der Waals surface area contributed by atoms with Crippen LogP contribution in [-0.2, 0) is 6.54 Å². The normalized spacial score (nSPS) is 10.4. The number of aromatic nitrogens is 3. The minimum atomic E-state index is -0.449. The molecule has 0 atom stereocenters. The molecule has 1 aromatic carbocycles. The van der Waals surface area contributed by atoms with Gasteiger partial charge in [-0.25, -0.2) is 9.67 Å². The molecule has 1 heterocycles. The van der Waals surface area contributed by atoms with Crippen LogP contribution in [0.15, 0.2) is 42.7 Å². The van der Waals surface area contributed by atoms with Gasteiger partial charge in [-0.05, 0) is 5.57 Å². The van der Waals surface area contributed by atoms with Gasteiger partial charge in [-0.1, -0.05) is 18.7 Å². The lowest BCUT2D eigenvalue weighted by Gasteiger charge is -2.00. The summed E-state index contributed by atoms with van der Waals surface area (Å²) >= 11 is 5.65. The fourth-order valence-corrected chi connectivity index (χ4v) is 1.62. The molecular formula is C12H11ClN4O2. The molecule has 1 aromatic heterocycles. The van der Waals surface area contributed by atoms with Crippen molar-refractivity contribution in [3.05, 3.63) is 52.9 Å². The highest BCUT2D eigenvalue weighted by molar-refractivity contribution is 6.19. The Morgan fingerprint density at radius 2 is 2.32 bits per heavy atom. The largest absolute Gasteiger partial charge is 0.270 e. The zero-order chi connectivity index (χ0) is 13.8. The molecule has 0 N–H and O–H groups in total. The van der Waals surface area contributed by atoms with E-state index in [2.05, 4.69) is 16.7 Å². The number of nitrogens with zero attached hydrogens (tertiary/aromatic N) is 4. The van der Waals surface area contributed by atoms with Crippen molar-refractivity contribution >= 4 is 17.3 Å². The Balaban J connectivity index is 2.25. The first kappa shape index (κ1) is 13.2. The van der Waals surface area contributed by atoms with Gasteiger partial charge in [0.15, 0.2) is 5.82 Å². The van der Waals surface area contributed by atoms with Crippen molar-refractivity contribution in [1.82, 2.24) is 14.8 Å². The second kappa shape index (κ2) is 5.62. The number of nitro benzene ring substituents is 1. The molecule has 0 unspecified atom stereocenters. The van der Waals surface area contributed by atoms with Crippen LogP contribution in [0.25, 0.3) is 11.4 Å². The van der Waals surface area contributed by atoms with Gasteiger partial charge in [0, 0.05) is 23.6 Å². The van der Waals surface area contributed by atoms with Crippen LogP contribution >= 0.6 is 11.6 Å². The first-order valence-electron chi connectivity index (χ1n) is 5.47. The molecule has 0 bridgehead atoms. The number of non-ortho nitro benzene ring substituents is 1. The fraction of sp³-hybridized carbons (Fsp3) is 0.167. The smallest absolute Gasteiger partial charge is 0.258 e. The molecule has 0 fully saturated rings. The molecule has 2 rings (SSSR count). The van der Waals surface area contributed by atoms with E-state index in [0.29, 0.717) is 23.8 Å². The molecule has 0 saturated carbocycles. The summed E-state index contributed by atoms with van der Waals surface area (Å²) in [4.78, 5) is 14.4. The van der Waals surface area contributed by atoms with E-state index in [1.807, 2.05) is 0 Å². The van der Waals surface area contributed by atoms with E-state index in [1.165, 1.54) is 12.1 Å². The third kappa shape index (κ3) is 3.17. The van der Waals surface area contributed by atoms with Gasteiger partial charge in [0.25, 0.3) is 5.69 Å². The van der Waals surface area contributed by atoms with Crippen LogP contribution in [0.4, 0.5) is 5.69 Å². The van der Waals surface area contributed by atoms with E-state index in [9.17, 15) is 10.1 Å². The van der Waals surface area contributed by atoms with Gasteiger partial charge in [-0.15, -0.1) is 11.6 Å². The van der Waals surface area contributed by atoms with E-state index in [1.54, 1.807) is 23.1 Å². The van der Waals surface area contributed by atoms with Crippen LogP contribution in [0, 0.1) is 10.1 Å². The van der Waals surface area contributed by atoms with Gasteiger partial charge in [-0.3, -0.25) is 10.1 Å². The molecule has 0 saturated heterocycles. The molecule has 0 aliphatic rings. The summed E-state index contributed by atoms with van der Waals surface area (Å²) in [7, 11) is 0. The molecular weight excluding hydrogens is 268 g/mol. The van der Waals surface area contributed by atoms with E-state index in [-0.39, 0.29) is 5.69 Å². The Bertz CT molecular complexity index is 624. The average molecular weight is 279 g/mol. The van der Waals surface area contributed by atoms with E-state index < -0.39 is 4.92 Å². The van der Waals surface area contributed by atoms with Crippen molar-refractivity contribution in [3.8, 4) is 11.4 Å². The molecule has 0 amide bonds. The lowest BCUT2D eigenvalue weighted by atomic mass is 10.2. The van der Waals surface area contributed by atoms with Crippen molar-refractivity contribution in [1.29, 1.82) is 0 Å². The highest BCUT2D eigenvalue weighted by atomic mass is 35.5. The van der Waals surface area contributed by atoms with Crippen LogP contribution in [0.1, 0.15) is 0 Å². The van der Waals surface area contributed by atoms with Crippen molar-refractivity contribution in [2.24, 2.45) is 0 Å². The molecule has 0 radical (unpaired) electrons. The second-order valence-electron chi connectivity index (χ2n) is 3.96. The minimum absolute atomic E-state index is 0.0130. The zero-order valence-electron chi connectivity index (χ0n) is 9.99. The molecule has 7 heteroatoms. The second-order valence-corrected chi connectivity index (χ2v) is 4.22. The average Bonchev–Trinajstić information content (AvgIpc) is 2.87. The van der Waals surface area contributed by atoms with Crippen LogP contribution in [0.5, 0.6) is 0 Å². The van der Waals surface area contributed by atoms with Crippen molar-refractivity contribution in [3.63, 3.8) is 0 Å². The highest BCUT2D eigenvalue weighted by Crippen LogP contribution is 2.20. The zero-order valence-corrected chi connectivity index (χ0v) is 10.7. The lowest BCUT2D eigenvalue weighted by Crippen LogP contribution is -2.01. The van der Waals surface area contributed by atoms with Gasteiger partial charge in [0.1, 0.15) is 6.33 Å². The molecule has 6 nitrogen and oxygen atoms in total. The molecule has 2 aromatic rings. The summed E-state index contributed by atoms with van der Waals surface area (Å²) in [6.07, 6.45) is 1.55. The Labute approximate surface area is 114 Å². The Kier molecular flexibility index (Phi) is 3.91. The van der Waals surface area contributed by atoms with Crippen LogP contribution in [0.3, 0.4) is 0 Å². The van der Waals surface area contributed by atoms with E-state index in [4.69, 9.17) is 11.6 Å². The van der Waals surface area contributed by atoms with Gasteiger partial charge in [0.2, 0.25) is 0 Å². The monoisotopic (exact) mass is 278 g/mol. The van der Waals surface area contributed by atoms with Gasteiger partial charge >= 0.3 is 0 Å². The maximum Gasteiger partial charge on any atom is 0.270 e. The summed E-state index contributed by atoms with van der Waals surface area (Å²) < 4.78 is 1.60. The van der Waals surface area contributed by atoms with Crippen LogP contribution < -0.4 is 0 Å². The fourth-order valence-electron chi connectivity index (χ4n) is 1.53. The molecule has 0 spiro atoms. The number of halogens is 1. The Hall–Kier alpha value is -2.21. The summed E-state index contributed by atoms with van der Waals surface area (Å²) in [6, 6.07) is 6.20. The SMILES string of the molecule is C=C(CCl)Cn1cnc(-c2cccc([N+](=O)[O-])c2)n1. The Morgan fingerprint density at radius 3 is 3.00 bits per heavy atom. The molecule has 0 aliphatic heterocycles. The maximum atomic E-state index is 10.7. The summed E-state index contributed by atoms with van der Waals surface area (Å²) in [5.74, 6) is 0.789. The first-order chi connectivity index (χ1) is 9.10. The van der Waals surface area contributed by atoms with Gasteiger partial charge < -0.3 is 0 Å². The number of nitro groups is 1.